The lowest BCUT2D eigenvalue weighted by Gasteiger charge is -2.35. The molecule has 4 nitrogen and oxygen atoms in total. The van der Waals surface area contributed by atoms with Gasteiger partial charge >= 0.3 is 7.82 Å². The van der Waals surface area contributed by atoms with Crippen LogP contribution in [0.1, 0.15) is 99.3 Å². The van der Waals surface area contributed by atoms with E-state index in [0.29, 0.717) is 17.8 Å². The van der Waals surface area contributed by atoms with E-state index in [0.717, 1.165) is 75.1 Å². The Kier molecular flexibility index (Phi) is 7.25. The third kappa shape index (κ3) is 4.79. The lowest BCUT2D eigenvalue weighted by atomic mass is 9.85. The average molecular weight is 423 g/mol. The maximum Gasteiger partial charge on any atom is 0.646 e. The van der Waals surface area contributed by atoms with Gasteiger partial charge in [-0.15, -0.1) is 0 Å². The van der Waals surface area contributed by atoms with Gasteiger partial charge in [0, 0.05) is 19.3 Å². The fraction of sp³-hybridized carbons (Fsp3) is 0.750. The van der Waals surface area contributed by atoms with Crippen LogP contribution in [-0.2, 0) is 18.1 Å². The molecule has 0 fully saturated rings. The van der Waals surface area contributed by atoms with Crippen molar-refractivity contribution in [3.63, 3.8) is 0 Å². The molecule has 0 bridgehead atoms. The van der Waals surface area contributed by atoms with E-state index in [1.807, 2.05) is 0 Å². The fourth-order valence-electron chi connectivity index (χ4n) is 4.19. The molecule has 0 spiro atoms. The molecule has 0 aliphatic heterocycles. The number of phosphoric acid groups is 1. The molecule has 5 heteroatoms. The summed E-state index contributed by atoms with van der Waals surface area (Å²) < 4.78 is 32.0. The molecule has 3 unspecified atom stereocenters. The first-order valence-electron chi connectivity index (χ1n) is 11.7. The van der Waals surface area contributed by atoms with Gasteiger partial charge in [0.2, 0.25) is 0 Å². The minimum absolute atomic E-state index is 0.449. The van der Waals surface area contributed by atoms with Crippen molar-refractivity contribution in [1.82, 2.24) is 0 Å². The topological polar surface area (TPSA) is 44.8 Å². The van der Waals surface area contributed by atoms with Crippen LogP contribution in [0.25, 0.3) is 0 Å². The van der Waals surface area contributed by atoms with Crippen molar-refractivity contribution >= 4 is 7.82 Å². The normalized spacial score (nSPS) is 24.1. The summed E-state index contributed by atoms with van der Waals surface area (Å²) >= 11 is 0. The smallest absolute Gasteiger partial charge is 0.391 e. The Labute approximate surface area is 177 Å². The second-order valence-corrected chi connectivity index (χ2v) is 10.4. The minimum atomic E-state index is -3.72. The Bertz CT molecular complexity index is 661. The Morgan fingerprint density at radius 2 is 0.897 bits per heavy atom. The van der Waals surface area contributed by atoms with Crippen LogP contribution in [0.15, 0.2) is 34.0 Å². The SMILES string of the molecule is CCC(C)C1=C(OP(=O)(OC2=C(C(C)CC)CC2)OC2=C(C(C)CC)CC2)CC1. The van der Waals surface area contributed by atoms with Gasteiger partial charge in [-0.25, -0.2) is 0 Å². The van der Waals surface area contributed by atoms with Crippen LogP contribution in [0.5, 0.6) is 0 Å². The predicted octanol–water partition coefficient (Wildman–Crippen LogP) is 8.43. The largest absolute Gasteiger partial charge is 0.646 e. The number of allylic oxidation sites excluding steroid dienone is 6. The van der Waals surface area contributed by atoms with Crippen molar-refractivity contribution in [3.8, 4) is 0 Å². The third-order valence-electron chi connectivity index (χ3n) is 7.23. The quantitative estimate of drug-likeness (QED) is 0.296. The molecule has 3 aliphatic rings. The van der Waals surface area contributed by atoms with Gasteiger partial charge in [-0.2, -0.15) is 4.57 Å². The summed E-state index contributed by atoms with van der Waals surface area (Å²) in [7, 11) is -3.72. The lowest BCUT2D eigenvalue weighted by Crippen LogP contribution is -2.19. The van der Waals surface area contributed by atoms with E-state index in [1.54, 1.807) is 0 Å². The zero-order valence-electron chi connectivity index (χ0n) is 19.2. The molecule has 0 saturated heterocycles. The van der Waals surface area contributed by atoms with Crippen LogP contribution in [-0.4, -0.2) is 0 Å². The maximum absolute atomic E-state index is 13.8. The Morgan fingerprint density at radius 1 is 0.621 bits per heavy atom. The highest BCUT2D eigenvalue weighted by molar-refractivity contribution is 7.48. The van der Waals surface area contributed by atoms with E-state index in [2.05, 4.69) is 41.5 Å². The molecule has 0 aromatic heterocycles. The van der Waals surface area contributed by atoms with Crippen molar-refractivity contribution in [2.75, 3.05) is 0 Å². The van der Waals surface area contributed by atoms with Crippen molar-refractivity contribution in [3.05, 3.63) is 34.0 Å². The Morgan fingerprint density at radius 3 is 1.07 bits per heavy atom. The molecule has 0 heterocycles. The Balaban J connectivity index is 1.85. The first kappa shape index (κ1) is 22.5. The van der Waals surface area contributed by atoms with Gasteiger partial charge in [-0.1, -0.05) is 41.5 Å². The molecule has 29 heavy (non-hydrogen) atoms. The minimum Gasteiger partial charge on any atom is -0.391 e. The van der Waals surface area contributed by atoms with E-state index in [4.69, 9.17) is 13.6 Å². The monoisotopic (exact) mass is 422 g/mol. The van der Waals surface area contributed by atoms with E-state index < -0.39 is 7.82 Å². The van der Waals surface area contributed by atoms with Gasteiger partial charge < -0.3 is 13.6 Å². The van der Waals surface area contributed by atoms with Crippen molar-refractivity contribution in [2.24, 2.45) is 17.8 Å². The van der Waals surface area contributed by atoms with Gasteiger partial charge in [0.05, 0.1) is 0 Å². The fourth-order valence-corrected chi connectivity index (χ4v) is 5.74. The zero-order chi connectivity index (χ0) is 21.2. The van der Waals surface area contributed by atoms with E-state index >= 15 is 0 Å². The second kappa shape index (κ2) is 9.33. The van der Waals surface area contributed by atoms with Crippen LogP contribution < -0.4 is 0 Å². The highest BCUT2D eigenvalue weighted by Gasteiger charge is 2.42. The van der Waals surface area contributed by atoms with Crippen molar-refractivity contribution in [2.45, 2.75) is 99.3 Å². The molecule has 0 radical (unpaired) electrons. The van der Waals surface area contributed by atoms with Crippen LogP contribution in [0.4, 0.5) is 0 Å². The number of rotatable bonds is 12. The lowest BCUT2D eigenvalue weighted by molar-refractivity contribution is 0.159. The van der Waals surface area contributed by atoms with Crippen molar-refractivity contribution < 1.29 is 18.1 Å². The first-order valence-corrected chi connectivity index (χ1v) is 13.1. The summed E-state index contributed by atoms with van der Waals surface area (Å²) in [5.41, 5.74) is 3.82. The van der Waals surface area contributed by atoms with Crippen LogP contribution >= 0.6 is 7.82 Å². The molecule has 3 rings (SSSR count). The maximum atomic E-state index is 13.8. The van der Waals surface area contributed by atoms with Gasteiger partial charge in [0.1, 0.15) is 17.3 Å². The van der Waals surface area contributed by atoms with Crippen molar-refractivity contribution in [1.29, 1.82) is 0 Å². The summed E-state index contributed by atoms with van der Waals surface area (Å²) in [6.45, 7) is 13.1. The van der Waals surface area contributed by atoms with Crippen LogP contribution in [0, 0.1) is 17.8 Å². The van der Waals surface area contributed by atoms with E-state index in [1.165, 1.54) is 16.7 Å². The van der Waals surface area contributed by atoms with Gasteiger partial charge in [0.15, 0.2) is 0 Å². The summed E-state index contributed by atoms with van der Waals surface area (Å²) in [6.07, 6.45) is 8.70. The number of hydrogen-bond donors (Lipinski definition) is 0. The molecule has 0 aromatic rings. The summed E-state index contributed by atoms with van der Waals surface area (Å²) in [5.74, 6) is 3.84. The average Bonchev–Trinajstić information content (AvgIpc) is 2.65. The zero-order valence-corrected chi connectivity index (χ0v) is 20.1. The molecule has 3 atom stereocenters. The number of phosphoric ester groups is 1. The summed E-state index contributed by atoms with van der Waals surface area (Å²) in [5, 5.41) is 0. The first-order chi connectivity index (χ1) is 13.8. The van der Waals surface area contributed by atoms with Gasteiger partial charge in [0.25, 0.3) is 0 Å². The van der Waals surface area contributed by atoms with Gasteiger partial charge in [-0.3, -0.25) is 0 Å². The van der Waals surface area contributed by atoms with E-state index in [-0.39, 0.29) is 0 Å². The molecule has 3 aliphatic carbocycles. The highest BCUT2D eigenvalue weighted by Crippen LogP contribution is 2.61. The van der Waals surface area contributed by atoms with E-state index in [9.17, 15) is 4.57 Å². The van der Waals surface area contributed by atoms with Crippen LogP contribution in [0.3, 0.4) is 0 Å². The molecule has 0 saturated carbocycles. The molecule has 164 valence electrons. The molecule has 0 N–H and O–H groups in total. The van der Waals surface area contributed by atoms with Crippen LogP contribution in [0.2, 0.25) is 0 Å². The van der Waals surface area contributed by atoms with Gasteiger partial charge in [-0.05, 0) is 73.0 Å². The third-order valence-corrected chi connectivity index (χ3v) is 8.56. The number of hydrogen-bond acceptors (Lipinski definition) is 4. The standard InChI is InChI=1S/C24H39O4P/c1-7-16(4)19-10-13-22(19)26-29(25,27-23-14-11-20(23)17(5)8-2)28-24-15-12-21(24)18(6)9-3/h16-18H,7-15H2,1-6H3. The second-order valence-electron chi connectivity index (χ2n) is 8.99. The molecule has 0 aromatic carbocycles. The summed E-state index contributed by atoms with van der Waals surface area (Å²) in [4.78, 5) is 0. The Hall–Kier alpha value is -1.15. The highest BCUT2D eigenvalue weighted by atomic mass is 31.2. The molecule has 0 amide bonds. The molecular weight excluding hydrogens is 383 g/mol. The predicted molar refractivity (Wildman–Crippen MR) is 118 cm³/mol. The molecular formula is C24H39O4P. The summed E-state index contributed by atoms with van der Waals surface area (Å²) in [6, 6.07) is 0.